The quantitative estimate of drug-likeness (QED) is 0.356. The van der Waals surface area contributed by atoms with Crippen LogP contribution in [0.5, 0.6) is 5.75 Å². The number of fused-ring (bicyclic) bond motifs is 1. The topological polar surface area (TPSA) is 89.0 Å². The number of urea groups is 1. The van der Waals surface area contributed by atoms with Crippen molar-refractivity contribution >= 4 is 50.5 Å². The number of ether oxygens (including phenoxy) is 2. The Bertz CT molecular complexity index is 942. The summed E-state index contributed by atoms with van der Waals surface area (Å²) in [7, 11) is 1.59. The Hall–Kier alpha value is -2.39. The minimum Gasteiger partial charge on any atom is -0.496 e. The summed E-state index contributed by atoms with van der Waals surface area (Å²) in [6, 6.07) is 4.93. The molecule has 1 aromatic heterocycles. The molecular formula is C20H22BrN3O4S. The van der Waals surface area contributed by atoms with E-state index < -0.39 is 12.0 Å². The van der Waals surface area contributed by atoms with E-state index in [1.165, 1.54) is 17.6 Å². The van der Waals surface area contributed by atoms with Crippen molar-refractivity contribution in [2.24, 2.45) is 5.10 Å². The third-order valence-corrected chi connectivity index (χ3v) is 6.26. The van der Waals surface area contributed by atoms with Gasteiger partial charge in [0.25, 0.3) is 0 Å². The maximum atomic E-state index is 12.4. The number of anilines is 1. The molecule has 0 saturated carbocycles. The van der Waals surface area contributed by atoms with Gasteiger partial charge >= 0.3 is 12.0 Å². The molecule has 2 N–H and O–H groups in total. The molecule has 7 nitrogen and oxygen atoms in total. The summed E-state index contributed by atoms with van der Waals surface area (Å²) in [6.45, 7) is 2.06. The zero-order valence-electron chi connectivity index (χ0n) is 16.2. The minimum absolute atomic E-state index is 0.288. The smallest absolute Gasteiger partial charge is 0.341 e. The SMILES string of the molecule is CCOC(=O)c1c(NC(=O)NN=Cc2ccc(OC)c(Br)c2)sc2c1CCCC2. The van der Waals surface area contributed by atoms with Crippen LogP contribution in [0.1, 0.15) is 46.1 Å². The van der Waals surface area contributed by atoms with Gasteiger partial charge in [-0.15, -0.1) is 11.3 Å². The number of thiophene rings is 1. The van der Waals surface area contributed by atoms with Gasteiger partial charge in [-0.2, -0.15) is 5.10 Å². The maximum Gasteiger partial charge on any atom is 0.341 e. The van der Waals surface area contributed by atoms with Crippen LogP contribution in [0.3, 0.4) is 0 Å². The highest BCUT2D eigenvalue weighted by Gasteiger charge is 2.27. The summed E-state index contributed by atoms with van der Waals surface area (Å²) in [5.74, 6) is 0.315. The van der Waals surface area contributed by atoms with Crippen molar-refractivity contribution in [2.75, 3.05) is 19.0 Å². The predicted octanol–water partition coefficient (Wildman–Crippen LogP) is 4.73. The maximum absolute atomic E-state index is 12.4. The van der Waals surface area contributed by atoms with Gasteiger partial charge in [-0.3, -0.25) is 5.32 Å². The van der Waals surface area contributed by atoms with E-state index in [4.69, 9.17) is 9.47 Å². The summed E-state index contributed by atoms with van der Waals surface area (Å²) in [4.78, 5) is 25.9. The van der Waals surface area contributed by atoms with E-state index in [1.54, 1.807) is 20.1 Å². The molecule has 9 heteroatoms. The Morgan fingerprint density at radius 2 is 2.10 bits per heavy atom. The predicted molar refractivity (Wildman–Crippen MR) is 117 cm³/mol. The first kappa shape index (κ1) is 21.3. The highest BCUT2D eigenvalue weighted by molar-refractivity contribution is 9.10. The fourth-order valence-electron chi connectivity index (χ4n) is 3.13. The number of hydrogen-bond donors (Lipinski definition) is 2. The lowest BCUT2D eigenvalue weighted by Crippen LogP contribution is -2.25. The molecule has 0 saturated heterocycles. The first-order chi connectivity index (χ1) is 14.0. The van der Waals surface area contributed by atoms with Crippen LogP contribution in [0.15, 0.2) is 27.8 Å². The van der Waals surface area contributed by atoms with Crippen molar-refractivity contribution in [2.45, 2.75) is 32.6 Å². The second-order valence-corrected chi connectivity index (χ2v) is 8.31. The van der Waals surface area contributed by atoms with Crippen molar-refractivity contribution in [3.8, 4) is 5.75 Å². The first-order valence-corrected chi connectivity index (χ1v) is 10.9. The summed E-state index contributed by atoms with van der Waals surface area (Å²) in [6.07, 6.45) is 5.39. The van der Waals surface area contributed by atoms with Crippen molar-refractivity contribution < 1.29 is 19.1 Å². The van der Waals surface area contributed by atoms with E-state index in [9.17, 15) is 9.59 Å². The average Bonchev–Trinajstić information content (AvgIpc) is 3.06. The molecule has 1 aliphatic carbocycles. The second kappa shape index (κ2) is 9.89. The number of nitrogens with zero attached hydrogens (tertiary/aromatic N) is 1. The molecule has 0 bridgehead atoms. The van der Waals surface area contributed by atoms with Gasteiger partial charge in [0.05, 0.1) is 30.0 Å². The Balaban J connectivity index is 1.69. The lowest BCUT2D eigenvalue weighted by Gasteiger charge is -2.12. The van der Waals surface area contributed by atoms with Crippen LogP contribution in [-0.4, -0.2) is 31.9 Å². The average molecular weight is 480 g/mol. The van der Waals surface area contributed by atoms with Crippen LogP contribution in [0.4, 0.5) is 9.80 Å². The Kier molecular flexibility index (Phi) is 7.27. The van der Waals surface area contributed by atoms with E-state index in [-0.39, 0.29) is 6.61 Å². The molecule has 2 aromatic rings. The zero-order valence-corrected chi connectivity index (χ0v) is 18.6. The van der Waals surface area contributed by atoms with E-state index in [1.807, 2.05) is 12.1 Å². The van der Waals surface area contributed by atoms with Crippen LogP contribution < -0.4 is 15.5 Å². The molecular weight excluding hydrogens is 458 g/mol. The van der Waals surface area contributed by atoms with Crippen LogP contribution in [0.25, 0.3) is 0 Å². The highest BCUT2D eigenvalue weighted by Crippen LogP contribution is 2.38. The molecule has 0 atom stereocenters. The Labute approximate surface area is 181 Å². The summed E-state index contributed by atoms with van der Waals surface area (Å²) in [5.41, 5.74) is 4.70. The van der Waals surface area contributed by atoms with Crippen LogP contribution in [0.2, 0.25) is 0 Å². The van der Waals surface area contributed by atoms with Crippen molar-refractivity contribution in [1.29, 1.82) is 0 Å². The summed E-state index contributed by atoms with van der Waals surface area (Å²) >= 11 is 4.84. The lowest BCUT2D eigenvalue weighted by atomic mass is 9.95. The van der Waals surface area contributed by atoms with Crippen LogP contribution in [-0.2, 0) is 17.6 Å². The Morgan fingerprint density at radius 3 is 2.83 bits per heavy atom. The van der Waals surface area contributed by atoms with Gasteiger partial charge in [-0.1, -0.05) is 0 Å². The molecule has 29 heavy (non-hydrogen) atoms. The number of rotatable bonds is 6. The van der Waals surface area contributed by atoms with Gasteiger partial charge in [0.15, 0.2) is 0 Å². The van der Waals surface area contributed by atoms with Crippen molar-refractivity contribution in [3.63, 3.8) is 0 Å². The van der Waals surface area contributed by atoms with Crippen molar-refractivity contribution in [1.82, 2.24) is 5.43 Å². The van der Waals surface area contributed by atoms with Gasteiger partial charge in [-0.25, -0.2) is 15.0 Å². The molecule has 3 rings (SSSR count). The number of hydrogen-bond acceptors (Lipinski definition) is 6. The molecule has 0 unspecified atom stereocenters. The molecule has 0 radical (unpaired) electrons. The van der Waals surface area contributed by atoms with E-state index in [0.717, 1.165) is 46.2 Å². The van der Waals surface area contributed by atoms with Crippen LogP contribution >= 0.6 is 27.3 Å². The number of methoxy groups -OCH3 is 1. The molecule has 1 aromatic carbocycles. The molecule has 2 amide bonds. The normalized spacial score (nSPS) is 13.1. The van der Waals surface area contributed by atoms with Crippen molar-refractivity contribution in [3.05, 3.63) is 44.2 Å². The number of nitrogens with one attached hydrogen (secondary N) is 2. The summed E-state index contributed by atoms with van der Waals surface area (Å²) in [5, 5.41) is 7.22. The minimum atomic E-state index is -0.516. The van der Waals surface area contributed by atoms with Gasteiger partial charge in [0.2, 0.25) is 0 Å². The fourth-order valence-corrected chi connectivity index (χ4v) is 4.96. The summed E-state index contributed by atoms with van der Waals surface area (Å²) < 4.78 is 11.2. The third-order valence-electron chi connectivity index (χ3n) is 4.43. The van der Waals surface area contributed by atoms with E-state index >= 15 is 0 Å². The first-order valence-electron chi connectivity index (χ1n) is 9.28. The molecule has 154 valence electrons. The molecule has 0 aliphatic heterocycles. The molecule has 1 aliphatic rings. The largest absolute Gasteiger partial charge is 0.496 e. The molecule has 0 spiro atoms. The molecule has 0 fully saturated rings. The standard InChI is InChI=1S/C20H22BrN3O4S/c1-3-28-19(25)17-13-6-4-5-7-16(13)29-18(17)23-20(26)24-22-11-12-8-9-15(27-2)14(21)10-12/h8-11H,3-7H2,1-2H3,(H2,23,24,26). The second-order valence-electron chi connectivity index (χ2n) is 6.35. The monoisotopic (exact) mass is 479 g/mol. The number of esters is 1. The zero-order chi connectivity index (χ0) is 20.8. The lowest BCUT2D eigenvalue weighted by molar-refractivity contribution is 0.0526. The van der Waals surface area contributed by atoms with Gasteiger partial charge < -0.3 is 9.47 Å². The number of aryl methyl sites for hydroxylation is 1. The van der Waals surface area contributed by atoms with Gasteiger partial charge in [0, 0.05) is 4.88 Å². The highest BCUT2D eigenvalue weighted by atomic mass is 79.9. The fraction of sp³-hybridized carbons (Fsp3) is 0.350. The molecule has 1 heterocycles. The van der Waals surface area contributed by atoms with Crippen LogP contribution in [0, 0.1) is 0 Å². The number of amides is 2. The van der Waals surface area contributed by atoms with Gasteiger partial charge in [-0.05, 0) is 77.9 Å². The number of hydrazone groups is 1. The number of carbonyl (C=O) groups is 2. The number of carbonyl (C=O) groups excluding carboxylic acids is 2. The third kappa shape index (κ3) is 5.16. The number of benzene rings is 1. The number of halogens is 1. The Morgan fingerprint density at radius 1 is 1.31 bits per heavy atom. The van der Waals surface area contributed by atoms with Gasteiger partial charge in [0.1, 0.15) is 10.8 Å². The van der Waals surface area contributed by atoms with E-state index in [0.29, 0.717) is 16.3 Å². The van der Waals surface area contributed by atoms with E-state index in [2.05, 4.69) is 31.8 Å².